The van der Waals surface area contributed by atoms with Crippen LogP contribution in [0.25, 0.3) is 6.08 Å². The summed E-state index contributed by atoms with van der Waals surface area (Å²) in [6.07, 6.45) is 12.8. The molecule has 1 spiro atoms. The standard InChI is InChI=1S/C48H51N5O2/c1-8-52(9-2)36-28-29-40-43(32-36)55-45-34(25-30-44-47(3,4)39-20-12-13-22-42(39)51(44)7)17-14-21-41(45)48(40)38-19-11-10-18-37(38)46(54)53(48)49-31-15-16-33-23-26-35(27-24-33)50(5)6/h10-13,15-16,18-20,22-32H,8-9,14,17,21H2,1-7H3/b16-15+,34-25+,44-30+,49-31-. The van der Waals surface area contributed by atoms with Gasteiger partial charge in [0.1, 0.15) is 17.0 Å². The third-order valence-electron chi connectivity index (χ3n) is 12.0. The van der Waals surface area contributed by atoms with Crippen molar-refractivity contribution in [3.63, 3.8) is 0 Å². The molecule has 0 saturated carbocycles. The number of hydrazone groups is 1. The molecule has 0 saturated heterocycles. The van der Waals surface area contributed by atoms with Gasteiger partial charge >= 0.3 is 0 Å². The van der Waals surface area contributed by atoms with Crippen LogP contribution in [0.2, 0.25) is 0 Å². The molecule has 4 aromatic rings. The Morgan fingerprint density at radius 1 is 0.836 bits per heavy atom. The van der Waals surface area contributed by atoms with Crippen molar-refractivity contribution in [2.24, 2.45) is 5.10 Å². The van der Waals surface area contributed by atoms with Crippen molar-refractivity contribution >= 4 is 35.3 Å². The summed E-state index contributed by atoms with van der Waals surface area (Å²) < 4.78 is 7.11. The van der Waals surface area contributed by atoms with Crippen LogP contribution in [0.1, 0.15) is 79.6 Å². The predicted octanol–water partition coefficient (Wildman–Crippen LogP) is 10.1. The van der Waals surface area contributed by atoms with Gasteiger partial charge in [0.25, 0.3) is 5.91 Å². The topological polar surface area (TPSA) is 51.6 Å². The summed E-state index contributed by atoms with van der Waals surface area (Å²) >= 11 is 0. The van der Waals surface area contributed by atoms with Crippen LogP contribution in [-0.2, 0) is 11.0 Å². The molecule has 1 amide bonds. The van der Waals surface area contributed by atoms with Crippen LogP contribution in [0.5, 0.6) is 5.75 Å². The molecule has 3 aliphatic heterocycles. The predicted molar refractivity (Wildman–Crippen MR) is 227 cm³/mol. The first kappa shape index (κ1) is 36.2. The van der Waals surface area contributed by atoms with Crippen LogP contribution in [-0.4, -0.2) is 51.4 Å². The van der Waals surface area contributed by atoms with E-state index in [0.29, 0.717) is 5.56 Å². The van der Waals surface area contributed by atoms with E-state index >= 15 is 0 Å². The first-order valence-corrected chi connectivity index (χ1v) is 19.6. The minimum atomic E-state index is -0.970. The molecule has 3 heterocycles. The molecule has 0 radical (unpaired) electrons. The minimum absolute atomic E-state index is 0.117. The van der Waals surface area contributed by atoms with E-state index in [1.807, 2.05) is 44.4 Å². The molecule has 1 atom stereocenters. The number of hydrogen-bond donors (Lipinski definition) is 0. The maximum absolute atomic E-state index is 14.7. The SMILES string of the molecule is CCN(CC)c1ccc2c(c1)OC1=C(CCC/C1=C\C=C1\N(C)c3ccccc3C1(C)C)C21c2ccccc2C(=O)N1/N=C\C=C\c1ccc(N(C)C)cc1. The number of likely N-dealkylation sites (N-methyl/N-ethyl adjacent to an activating group) is 1. The molecular formula is C48H51N5O2. The molecule has 7 heteroatoms. The third kappa shape index (κ3) is 5.79. The third-order valence-corrected chi connectivity index (χ3v) is 12.0. The number of hydrogen-bond acceptors (Lipinski definition) is 6. The summed E-state index contributed by atoms with van der Waals surface area (Å²) in [5.41, 5.74) is 10.7. The zero-order valence-electron chi connectivity index (χ0n) is 33.1. The number of ether oxygens (including phenoxy) is 1. The molecule has 0 N–H and O–H groups in total. The molecule has 0 bridgehead atoms. The Balaban J connectivity index is 1.29. The second-order valence-electron chi connectivity index (χ2n) is 15.5. The second kappa shape index (κ2) is 14.1. The molecule has 280 valence electrons. The van der Waals surface area contributed by atoms with Gasteiger partial charge in [0, 0.05) is 97.0 Å². The van der Waals surface area contributed by atoms with Crippen molar-refractivity contribution in [2.75, 3.05) is 48.9 Å². The van der Waals surface area contributed by atoms with Crippen LogP contribution in [0.3, 0.4) is 0 Å². The fraction of sp³-hybridized carbons (Fsp3) is 0.292. The van der Waals surface area contributed by atoms with Crippen molar-refractivity contribution in [1.29, 1.82) is 0 Å². The maximum Gasteiger partial charge on any atom is 0.275 e. The summed E-state index contributed by atoms with van der Waals surface area (Å²) in [4.78, 5) is 21.4. The lowest BCUT2D eigenvalue weighted by molar-refractivity contribution is 0.0659. The van der Waals surface area contributed by atoms with E-state index in [2.05, 4.69) is 134 Å². The average Bonchev–Trinajstić information content (AvgIpc) is 3.55. The Hall–Kier alpha value is -5.82. The van der Waals surface area contributed by atoms with Gasteiger partial charge in [-0.3, -0.25) is 4.79 Å². The lowest BCUT2D eigenvalue weighted by atomic mass is 9.70. The van der Waals surface area contributed by atoms with Crippen molar-refractivity contribution in [2.45, 2.75) is 57.9 Å². The van der Waals surface area contributed by atoms with Gasteiger partial charge in [0.2, 0.25) is 0 Å². The highest BCUT2D eigenvalue weighted by atomic mass is 16.5. The molecular weight excluding hydrogens is 679 g/mol. The fourth-order valence-electron chi connectivity index (χ4n) is 9.14. The lowest BCUT2D eigenvalue weighted by Crippen LogP contribution is -2.47. The van der Waals surface area contributed by atoms with Gasteiger partial charge in [-0.15, -0.1) is 0 Å². The lowest BCUT2D eigenvalue weighted by Gasteiger charge is -2.45. The quantitative estimate of drug-likeness (QED) is 0.169. The molecule has 0 fully saturated rings. The molecule has 0 aromatic heterocycles. The van der Waals surface area contributed by atoms with E-state index in [9.17, 15) is 4.79 Å². The monoisotopic (exact) mass is 729 g/mol. The number of carbonyl (C=O) groups excluding carboxylic acids is 1. The number of rotatable bonds is 8. The van der Waals surface area contributed by atoms with Crippen molar-refractivity contribution < 1.29 is 9.53 Å². The number of anilines is 3. The minimum Gasteiger partial charge on any atom is -0.457 e. The number of benzene rings is 4. The van der Waals surface area contributed by atoms with E-state index in [1.165, 1.54) is 16.9 Å². The summed E-state index contributed by atoms with van der Waals surface area (Å²) in [6, 6.07) is 31.6. The molecule has 8 rings (SSSR count). The number of nitrogens with zero attached hydrogens (tertiary/aromatic N) is 5. The van der Waals surface area contributed by atoms with Gasteiger partial charge in [0.05, 0.1) is 0 Å². The van der Waals surface area contributed by atoms with Crippen LogP contribution < -0.4 is 19.4 Å². The molecule has 1 unspecified atom stereocenters. The highest BCUT2D eigenvalue weighted by molar-refractivity contribution is 6.02. The van der Waals surface area contributed by atoms with Gasteiger partial charge in [-0.25, -0.2) is 5.01 Å². The Morgan fingerprint density at radius 2 is 1.55 bits per heavy atom. The summed E-state index contributed by atoms with van der Waals surface area (Å²) in [7, 11) is 6.23. The Kier molecular flexibility index (Phi) is 9.28. The molecule has 55 heavy (non-hydrogen) atoms. The van der Waals surface area contributed by atoms with Crippen LogP contribution >= 0.6 is 0 Å². The van der Waals surface area contributed by atoms with Gasteiger partial charge in [0.15, 0.2) is 0 Å². The summed E-state index contributed by atoms with van der Waals surface area (Å²) in [5.74, 6) is 1.49. The smallest absolute Gasteiger partial charge is 0.275 e. The van der Waals surface area contributed by atoms with E-state index in [0.717, 1.165) is 83.1 Å². The first-order valence-electron chi connectivity index (χ1n) is 19.6. The summed E-state index contributed by atoms with van der Waals surface area (Å²) in [6.45, 7) is 10.7. The number of amides is 1. The molecule has 4 aromatic carbocycles. The zero-order valence-corrected chi connectivity index (χ0v) is 33.1. The Bertz CT molecular complexity index is 2310. The van der Waals surface area contributed by atoms with Gasteiger partial charge in [-0.2, -0.15) is 5.10 Å². The van der Waals surface area contributed by atoms with Crippen LogP contribution in [0.15, 0.2) is 137 Å². The van der Waals surface area contributed by atoms with Gasteiger partial charge in [-0.05, 0) is 92.3 Å². The first-order chi connectivity index (χ1) is 26.6. The second-order valence-corrected chi connectivity index (χ2v) is 15.5. The normalized spacial score (nSPS) is 21.1. The van der Waals surface area contributed by atoms with Crippen LogP contribution in [0, 0.1) is 0 Å². The van der Waals surface area contributed by atoms with E-state index in [-0.39, 0.29) is 11.3 Å². The van der Waals surface area contributed by atoms with E-state index in [1.54, 1.807) is 11.2 Å². The fourth-order valence-corrected chi connectivity index (χ4v) is 9.14. The summed E-state index contributed by atoms with van der Waals surface area (Å²) in [5, 5.41) is 6.78. The Labute approximate surface area is 326 Å². The number of allylic oxidation sites excluding steroid dienone is 5. The number of fused-ring (bicyclic) bond motifs is 6. The number of para-hydroxylation sites is 1. The molecule has 4 aliphatic rings. The van der Waals surface area contributed by atoms with Crippen molar-refractivity contribution in [3.05, 3.63) is 160 Å². The van der Waals surface area contributed by atoms with E-state index in [4.69, 9.17) is 9.84 Å². The van der Waals surface area contributed by atoms with Crippen LogP contribution in [0.4, 0.5) is 17.1 Å². The molecule has 1 aliphatic carbocycles. The van der Waals surface area contributed by atoms with E-state index < -0.39 is 5.54 Å². The zero-order chi connectivity index (χ0) is 38.5. The molecule has 7 nitrogen and oxygen atoms in total. The highest BCUT2D eigenvalue weighted by Crippen LogP contribution is 2.59. The average molecular weight is 730 g/mol. The Morgan fingerprint density at radius 3 is 2.27 bits per heavy atom. The van der Waals surface area contributed by atoms with Gasteiger partial charge in [-0.1, -0.05) is 80.6 Å². The largest absolute Gasteiger partial charge is 0.457 e. The highest BCUT2D eigenvalue weighted by Gasteiger charge is 2.58. The number of carbonyl (C=O) groups is 1. The van der Waals surface area contributed by atoms with Crippen molar-refractivity contribution in [3.8, 4) is 5.75 Å². The van der Waals surface area contributed by atoms with Gasteiger partial charge < -0.3 is 19.4 Å². The maximum atomic E-state index is 14.7. The van der Waals surface area contributed by atoms with Crippen molar-refractivity contribution in [1.82, 2.24) is 5.01 Å².